The third kappa shape index (κ3) is 4.14. The molecule has 5 nitrogen and oxygen atoms in total. The van der Waals surface area contributed by atoms with Crippen LogP contribution in [0.1, 0.15) is 54.2 Å². The molecule has 1 amide bonds. The number of rotatable bonds is 4. The topological polar surface area (TPSA) is 78.7 Å². The van der Waals surface area contributed by atoms with E-state index in [9.17, 15) is 4.79 Å². The summed E-state index contributed by atoms with van der Waals surface area (Å²) in [5.74, 6) is 0.366. The van der Waals surface area contributed by atoms with Gasteiger partial charge in [-0.2, -0.15) is 5.26 Å². The lowest BCUT2D eigenvalue weighted by atomic mass is 9.90. The predicted octanol–water partition coefficient (Wildman–Crippen LogP) is 3.64. The summed E-state index contributed by atoms with van der Waals surface area (Å²) in [5, 5.41) is 21.6. The summed E-state index contributed by atoms with van der Waals surface area (Å²) in [5.41, 5.74) is 1.38. The van der Waals surface area contributed by atoms with Crippen LogP contribution in [0.25, 0.3) is 0 Å². The zero-order valence-electron chi connectivity index (χ0n) is 12.8. The van der Waals surface area contributed by atoms with Crippen LogP contribution in [0.2, 0.25) is 0 Å². The number of nitriles is 1. The number of hydrogen-bond donors (Lipinski definition) is 1. The van der Waals surface area contributed by atoms with E-state index in [-0.39, 0.29) is 12.3 Å². The van der Waals surface area contributed by atoms with Crippen molar-refractivity contribution in [3.63, 3.8) is 0 Å². The minimum absolute atomic E-state index is 0.133. The SMILES string of the molecule is N#Cc1cccc(CC(=O)Nc2nnc(C3CCCCC3)s2)c1. The third-order valence-electron chi connectivity index (χ3n) is 4.06. The van der Waals surface area contributed by atoms with Crippen LogP contribution in [-0.2, 0) is 11.2 Å². The van der Waals surface area contributed by atoms with Crippen molar-refractivity contribution in [1.29, 1.82) is 5.26 Å². The zero-order chi connectivity index (χ0) is 16.1. The first kappa shape index (κ1) is 15.6. The van der Waals surface area contributed by atoms with E-state index in [1.165, 1.54) is 43.4 Å². The van der Waals surface area contributed by atoms with Gasteiger partial charge in [0.2, 0.25) is 11.0 Å². The molecule has 0 saturated heterocycles. The lowest BCUT2D eigenvalue weighted by molar-refractivity contribution is -0.115. The van der Waals surface area contributed by atoms with Crippen LogP contribution < -0.4 is 5.32 Å². The van der Waals surface area contributed by atoms with Gasteiger partial charge in [0.25, 0.3) is 0 Å². The van der Waals surface area contributed by atoms with Crippen molar-refractivity contribution in [2.45, 2.75) is 44.4 Å². The van der Waals surface area contributed by atoms with Crippen LogP contribution in [0, 0.1) is 11.3 Å². The highest BCUT2D eigenvalue weighted by Gasteiger charge is 2.20. The molecule has 1 aromatic carbocycles. The van der Waals surface area contributed by atoms with Gasteiger partial charge >= 0.3 is 0 Å². The van der Waals surface area contributed by atoms with Gasteiger partial charge in [0.1, 0.15) is 5.01 Å². The van der Waals surface area contributed by atoms with Crippen molar-refractivity contribution >= 4 is 22.4 Å². The minimum Gasteiger partial charge on any atom is -0.300 e. The molecule has 0 spiro atoms. The highest BCUT2D eigenvalue weighted by atomic mass is 32.1. The fourth-order valence-corrected chi connectivity index (χ4v) is 3.83. The third-order valence-corrected chi connectivity index (χ3v) is 5.06. The molecule has 1 fully saturated rings. The van der Waals surface area contributed by atoms with E-state index in [2.05, 4.69) is 21.6 Å². The number of benzene rings is 1. The molecule has 3 rings (SSSR count). The number of anilines is 1. The number of carbonyl (C=O) groups excluding carboxylic acids is 1. The lowest BCUT2D eigenvalue weighted by Crippen LogP contribution is -2.14. The van der Waals surface area contributed by atoms with E-state index in [0.29, 0.717) is 16.6 Å². The van der Waals surface area contributed by atoms with Gasteiger partial charge in [-0.1, -0.05) is 42.7 Å². The van der Waals surface area contributed by atoms with E-state index >= 15 is 0 Å². The molecular weight excluding hydrogens is 308 g/mol. The molecular formula is C17H18N4OS. The van der Waals surface area contributed by atoms with E-state index in [0.717, 1.165) is 10.6 Å². The van der Waals surface area contributed by atoms with Crippen molar-refractivity contribution in [3.8, 4) is 6.07 Å². The first-order valence-electron chi connectivity index (χ1n) is 7.87. The first-order chi connectivity index (χ1) is 11.2. The number of hydrogen-bond acceptors (Lipinski definition) is 5. The largest absolute Gasteiger partial charge is 0.300 e. The molecule has 1 heterocycles. The molecule has 6 heteroatoms. The zero-order valence-corrected chi connectivity index (χ0v) is 13.6. The van der Waals surface area contributed by atoms with Crippen molar-refractivity contribution in [3.05, 3.63) is 40.4 Å². The summed E-state index contributed by atoms with van der Waals surface area (Å²) in [6.07, 6.45) is 6.38. The van der Waals surface area contributed by atoms with E-state index in [1.807, 2.05) is 6.07 Å². The Morgan fingerprint density at radius 3 is 2.91 bits per heavy atom. The first-order valence-corrected chi connectivity index (χ1v) is 8.68. The summed E-state index contributed by atoms with van der Waals surface area (Å²) < 4.78 is 0. The predicted molar refractivity (Wildman–Crippen MR) is 89.2 cm³/mol. The van der Waals surface area contributed by atoms with Crippen LogP contribution in [-0.4, -0.2) is 16.1 Å². The maximum atomic E-state index is 12.1. The van der Waals surface area contributed by atoms with E-state index in [4.69, 9.17) is 5.26 Å². The molecule has 1 N–H and O–H groups in total. The van der Waals surface area contributed by atoms with Crippen molar-refractivity contribution in [1.82, 2.24) is 10.2 Å². The van der Waals surface area contributed by atoms with E-state index in [1.54, 1.807) is 18.2 Å². The van der Waals surface area contributed by atoms with Gasteiger partial charge in [-0.05, 0) is 30.5 Å². The Bertz CT molecular complexity index is 728. The van der Waals surface area contributed by atoms with Crippen LogP contribution in [0.15, 0.2) is 24.3 Å². The maximum absolute atomic E-state index is 12.1. The Balaban J connectivity index is 1.59. The molecule has 1 aliphatic carbocycles. The van der Waals surface area contributed by atoms with Crippen LogP contribution in [0.5, 0.6) is 0 Å². The van der Waals surface area contributed by atoms with Crippen LogP contribution >= 0.6 is 11.3 Å². The highest BCUT2D eigenvalue weighted by molar-refractivity contribution is 7.15. The summed E-state index contributed by atoms with van der Waals surface area (Å²) in [4.78, 5) is 12.1. The van der Waals surface area contributed by atoms with Gasteiger partial charge in [0, 0.05) is 5.92 Å². The van der Waals surface area contributed by atoms with Gasteiger partial charge in [0.05, 0.1) is 18.1 Å². The van der Waals surface area contributed by atoms with Crippen LogP contribution in [0.4, 0.5) is 5.13 Å². The van der Waals surface area contributed by atoms with Crippen molar-refractivity contribution in [2.75, 3.05) is 5.32 Å². The van der Waals surface area contributed by atoms with Gasteiger partial charge < -0.3 is 5.32 Å². The summed E-state index contributed by atoms with van der Waals surface area (Å²) in [6, 6.07) is 9.16. The summed E-state index contributed by atoms with van der Waals surface area (Å²) in [6.45, 7) is 0. The highest BCUT2D eigenvalue weighted by Crippen LogP contribution is 2.35. The fourth-order valence-electron chi connectivity index (χ4n) is 2.90. The average molecular weight is 326 g/mol. The smallest absolute Gasteiger partial charge is 0.230 e. The average Bonchev–Trinajstić information content (AvgIpc) is 3.04. The number of amides is 1. The monoisotopic (exact) mass is 326 g/mol. The van der Waals surface area contributed by atoms with Gasteiger partial charge in [0.15, 0.2) is 0 Å². The lowest BCUT2D eigenvalue weighted by Gasteiger charge is -2.18. The molecule has 0 radical (unpaired) electrons. The van der Waals surface area contributed by atoms with Gasteiger partial charge in [-0.3, -0.25) is 4.79 Å². The molecule has 0 aliphatic heterocycles. The molecule has 1 saturated carbocycles. The second kappa shape index (κ2) is 7.34. The number of carbonyl (C=O) groups is 1. The fraction of sp³-hybridized carbons (Fsp3) is 0.412. The Morgan fingerprint density at radius 2 is 2.13 bits per heavy atom. The molecule has 1 aliphatic rings. The van der Waals surface area contributed by atoms with E-state index < -0.39 is 0 Å². The molecule has 0 atom stereocenters. The molecule has 23 heavy (non-hydrogen) atoms. The van der Waals surface area contributed by atoms with Gasteiger partial charge in [-0.25, -0.2) is 0 Å². The van der Waals surface area contributed by atoms with Crippen molar-refractivity contribution in [2.24, 2.45) is 0 Å². The Kier molecular flexibility index (Phi) is 4.99. The molecule has 0 bridgehead atoms. The quantitative estimate of drug-likeness (QED) is 0.930. The number of nitrogens with one attached hydrogen (secondary N) is 1. The van der Waals surface area contributed by atoms with Crippen LogP contribution in [0.3, 0.4) is 0 Å². The number of aromatic nitrogens is 2. The maximum Gasteiger partial charge on any atom is 0.230 e. The second-order valence-corrected chi connectivity index (χ2v) is 6.83. The Morgan fingerprint density at radius 1 is 1.30 bits per heavy atom. The Hall–Kier alpha value is -2.26. The molecule has 0 unspecified atom stereocenters. The molecule has 2 aromatic rings. The molecule has 1 aromatic heterocycles. The minimum atomic E-state index is -0.133. The van der Waals surface area contributed by atoms with Gasteiger partial charge in [-0.15, -0.1) is 10.2 Å². The molecule has 118 valence electrons. The summed E-state index contributed by atoms with van der Waals surface area (Å²) >= 11 is 1.48. The summed E-state index contributed by atoms with van der Waals surface area (Å²) in [7, 11) is 0. The normalized spacial score (nSPS) is 15.1. The Labute approximate surface area is 139 Å². The standard InChI is InChI=1S/C17H18N4OS/c18-11-13-6-4-5-12(9-13)10-15(22)19-17-21-20-16(23-17)14-7-2-1-3-8-14/h4-6,9,14H,1-3,7-8,10H2,(H,19,21,22). The number of nitrogens with zero attached hydrogens (tertiary/aromatic N) is 3. The van der Waals surface area contributed by atoms with Crippen molar-refractivity contribution < 1.29 is 4.79 Å². The second-order valence-electron chi connectivity index (χ2n) is 5.82.